The van der Waals surface area contributed by atoms with Crippen molar-refractivity contribution in [1.82, 2.24) is 9.88 Å². The van der Waals surface area contributed by atoms with Gasteiger partial charge in [-0.15, -0.1) is 0 Å². The minimum Gasteiger partial charge on any atom is -0.483 e. The Morgan fingerprint density at radius 1 is 1.05 bits per heavy atom. The van der Waals surface area contributed by atoms with E-state index in [2.05, 4.69) is 71.7 Å². The van der Waals surface area contributed by atoms with Crippen molar-refractivity contribution < 1.29 is 4.74 Å². The molecule has 0 saturated carbocycles. The number of benzene rings is 2. The monoisotopic (exact) mass is 294 g/mol. The molecule has 2 aromatic carbocycles. The summed E-state index contributed by atoms with van der Waals surface area (Å²) in [5.74, 6) is 0.940. The van der Waals surface area contributed by atoms with Gasteiger partial charge >= 0.3 is 0 Å². The van der Waals surface area contributed by atoms with Crippen LogP contribution in [-0.2, 0) is 7.05 Å². The van der Waals surface area contributed by atoms with Gasteiger partial charge in [0.05, 0.1) is 5.52 Å². The Bertz CT molecular complexity index is 734. The van der Waals surface area contributed by atoms with Gasteiger partial charge in [-0.25, -0.2) is 0 Å². The standard InChI is InChI=1S/C19H22N2O/c1-20-13-11-17(15-7-4-3-5-8-15)22-18-10-6-9-16-12-14-21(2)19(16)18/h3-10,12,14,17,20H,11,13H2,1-2H3/t17-/m0/s1. The molecule has 0 aliphatic heterocycles. The molecule has 3 rings (SSSR count). The Labute approximate surface area is 131 Å². The summed E-state index contributed by atoms with van der Waals surface area (Å²) >= 11 is 0. The lowest BCUT2D eigenvalue weighted by molar-refractivity contribution is 0.197. The number of aromatic nitrogens is 1. The first-order valence-corrected chi connectivity index (χ1v) is 7.70. The number of hydrogen-bond acceptors (Lipinski definition) is 2. The lowest BCUT2D eigenvalue weighted by Crippen LogP contribution is -2.16. The summed E-state index contributed by atoms with van der Waals surface area (Å²) < 4.78 is 8.51. The van der Waals surface area contributed by atoms with Gasteiger partial charge < -0.3 is 14.6 Å². The predicted molar refractivity (Wildman–Crippen MR) is 91.3 cm³/mol. The van der Waals surface area contributed by atoms with E-state index in [1.54, 1.807) is 0 Å². The highest BCUT2D eigenvalue weighted by atomic mass is 16.5. The van der Waals surface area contributed by atoms with Gasteiger partial charge in [0.25, 0.3) is 0 Å². The van der Waals surface area contributed by atoms with Crippen molar-refractivity contribution in [3.05, 3.63) is 66.4 Å². The topological polar surface area (TPSA) is 26.2 Å². The van der Waals surface area contributed by atoms with Crippen LogP contribution < -0.4 is 10.1 Å². The number of nitrogens with one attached hydrogen (secondary N) is 1. The van der Waals surface area contributed by atoms with Crippen molar-refractivity contribution in [2.75, 3.05) is 13.6 Å². The van der Waals surface area contributed by atoms with Crippen molar-refractivity contribution in [2.24, 2.45) is 7.05 Å². The highest BCUT2D eigenvalue weighted by Crippen LogP contribution is 2.31. The first-order chi connectivity index (χ1) is 10.8. The van der Waals surface area contributed by atoms with E-state index in [-0.39, 0.29) is 6.10 Å². The normalized spacial score (nSPS) is 12.5. The van der Waals surface area contributed by atoms with E-state index in [1.165, 1.54) is 10.9 Å². The number of nitrogens with zero attached hydrogens (tertiary/aromatic N) is 1. The third kappa shape index (κ3) is 3.00. The predicted octanol–water partition coefficient (Wildman–Crippen LogP) is 3.91. The van der Waals surface area contributed by atoms with Crippen LogP contribution in [0, 0.1) is 0 Å². The minimum absolute atomic E-state index is 0.0501. The zero-order chi connectivity index (χ0) is 15.4. The summed E-state index contributed by atoms with van der Waals surface area (Å²) in [7, 11) is 4.03. The first-order valence-electron chi connectivity index (χ1n) is 7.70. The maximum Gasteiger partial charge on any atom is 0.144 e. The molecule has 1 N–H and O–H groups in total. The molecule has 0 saturated heterocycles. The fourth-order valence-electron chi connectivity index (χ4n) is 2.80. The van der Waals surface area contributed by atoms with Crippen LogP contribution >= 0.6 is 0 Å². The van der Waals surface area contributed by atoms with Gasteiger partial charge in [0.2, 0.25) is 0 Å². The van der Waals surface area contributed by atoms with Gasteiger partial charge in [0.15, 0.2) is 0 Å². The smallest absolute Gasteiger partial charge is 0.144 e. The second-order valence-electron chi connectivity index (χ2n) is 5.53. The van der Waals surface area contributed by atoms with Crippen molar-refractivity contribution in [3.8, 4) is 5.75 Å². The third-order valence-corrected chi connectivity index (χ3v) is 3.96. The molecule has 0 aliphatic rings. The molecule has 114 valence electrons. The average molecular weight is 294 g/mol. The summed E-state index contributed by atoms with van der Waals surface area (Å²) in [6.45, 7) is 0.919. The summed E-state index contributed by atoms with van der Waals surface area (Å²) in [4.78, 5) is 0. The van der Waals surface area contributed by atoms with Crippen LogP contribution in [0.5, 0.6) is 5.75 Å². The maximum atomic E-state index is 6.39. The molecule has 0 aliphatic carbocycles. The molecule has 0 bridgehead atoms. The Morgan fingerprint density at radius 2 is 1.86 bits per heavy atom. The van der Waals surface area contributed by atoms with Crippen LogP contribution in [0.25, 0.3) is 10.9 Å². The van der Waals surface area contributed by atoms with E-state index < -0.39 is 0 Å². The fraction of sp³-hybridized carbons (Fsp3) is 0.263. The molecular weight excluding hydrogens is 272 g/mol. The van der Waals surface area contributed by atoms with E-state index in [1.807, 2.05) is 13.1 Å². The summed E-state index contributed by atoms with van der Waals surface area (Å²) in [6, 6.07) is 18.8. The van der Waals surface area contributed by atoms with Gasteiger partial charge in [-0.1, -0.05) is 42.5 Å². The maximum absolute atomic E-state index is 6.39. The Kier molecular flexibility index (Phi) is 4.45. The van der Waals surface area contributed by atoms with Gasteiger partial charge in [-0.3, -0.25) is 0 Å². The molecular formula is C19H22N2O. The lowest BCUT2D eigenvalue weighted by Gasteiger charge is -2.20. The highest BCUT2D eigenvalue weighted by Gasteiger charge is 2.15. The lowest BCUT2D eigenvalue weighted by atomic mass is 10.1. The molecule has 0 amide bonds. The number of fused-ring (bicyclic) bond motifs is 1. The van der Waals surface area contributed by atoms with Crippen molar-refractivity contribution in [2.45, 2.75) is 12.5 Å². The van der Waals surface area contributed by atoms with Gasteiger partial charge in [-0.05, 0) is 31.3 Å². The van der Waals surface area contributed by atoms with E-state index >= 15 is 0 Å². The Morgan fingerprint density at radius 3 is 2.64 bits per heavy atom. The molecule has 3 nitrogen and oxygen atoms in total. The molecule has 0 unspecified atom stereocenters. The quantitative estimate of drug-likeness (QED) is 0.746. The number of rotatable bonds is 6. The number of para-hydroxylation sites is 1. The van der Waals surface area contributed by atoms with Gasteiger partial charge in [0, 0.05) is 25.1 Å². The Hall–Kier alpha value is -2.26. The second kappa shape index (κ2) is 6.67. The molecule has 1 heterocycles. The van der Waals surface area contributed by atoms with Crippen LogP contribution in [0.3, 0.4) is 0 Å². The van der Waals surface area contributed by atoms with Crippen LogP contribution in [0.15, 0.2) is 60.8 Å². The fourth-order valence-corrected chi connectivity index (χ4v) is 2.80. The second-order valence-corrected chi connectivity index (χ2v) is 5.53. The molecule has 1 aromatic heterocycles. The van der Waals surface area contributed by atoms with Crippen molar-refractivity contribution in [3.63, 3.8) is 0 Å². The van der Waals surface area contributed by atoms with Crippen LogP contribution in [-0.4, -0.2) is 18.2 Å². The molecule has 1 atom stereocenters. The first kappa shape index (κ1) is 14.7. The van der Waals surface area contributed by atoms with Crippen molar-refractivity contribution in [1.29, 1.82) is 0 Å². The van der Waals surface area contributed by atoms with E-state index in [4.69, 9.17) is 4.74 Å². The van der Waals surface area contributed by atoms with E-state index in [0.29, 0.717) is 0 Å². The Balaban J connectivity index is 1.93. The van der Waals surface area contributed by atoms with Crippen molar-refractivity contribution >= 4 is 10.9 Å². The molecule has 22 heavy (non-hydrogen) atoms. The zero-order valence-electron chi connectivity index (χ0n) is 13.1. The minimum atomic E-state index is 0.0501. The number of ether oxygens (including phenoxy) is 1. The van der Waals surface area contributed by atoms with E-state index in [0.717, 1.165) is 24.2 Å². The van der Waals surface area contributed by atoms with Crippen LogP contribution in [0.1, 0.15) is 18.1 Å². The van der Waals surface area contributed by atoms with Gasteiger partial charge in [0.1, 0.15) is 11.9 Å². The molecule has 0 spiro atoms. The highest BCUT2D eigenvalue weighted by molar-refractivity contribution is 5.85. The van der Waals surface area contributed by atoms with E-state index in [9.17, 15) is 0 Å². The third-order valence-electron chi connectivity index (χ3n) is 3.96. The van der Waals surface area contributed by atoms with Crippen LogP contribution in [0.2, 0.25) is 0 Å². The van der Waals surface area contributed by atoms with Gasteiger partial charge in [-0.2, -0.15) is 0 Å². The zero-order valence-corrected chi connectivity index (χ0v) is 13.1. The summed E-state index contributed by atoms with van der Waals surface area (Å²) in [5, 5.41) is 4.42. The largest absolute Gasteiger partial charge is 0.483 e. The molecule has 0 fully saturated rings. The molecule has 3 heteroatoms. The SMILES string of the molecule is CNCC[C@H](Oc1cccc2ccn(C)c12)c1ccccc1. The molecule has 0 radical (unpaired) electrons. The summed E-state index contributed by atoms with van der Waals surface area (Å²) in [6.07, 6.45) is 3.05. The number of hydrogen-bond donors (Lipinski definition) is 1. The number of aryl methyl sites for hydroxylation is 1. The summed E-state index contributed by atoms with van der Waals surface area (Å²) in [5.41, 5.74) is 2.36. The average Bonchev–Trinajstić information content (AvgIpc) is 2.94. The molecule has 3 aromatic rings. The van der Waals surface area contributed by atoms with Crippen LogP contribution in [0.4, 0.5) is 0 Å².